The lowest BCUT2D eigenvalue weighted by Gasteiger charge is -2.40. The van der Waals surface area contributed by atoms with E-state index >= 15 is 0 Å². The second-order valence-corrected chi connectivity index (χ2v) is 5.27. The summed E-state index contributed by atoms with van der Waals surface area (Å²) in [6.07, 6.45) is 5.99. The Bertz CT molecular complexity index is 321. The fourth-order valence-electron chi connectivity index (χ4n) is 1.64. The standard InChI is InChI=1S/C9H14ClN3OS/c1-15-9(3-2-4-9)6-11-8-13-12-7(5-10)14-8/h2-6H2,1H3,(H,11,13). The first-order chi connectivity index (χ1) is 7.28. The highest BCUT2D eigenvalue weighted by Crippen LogP contribution is 2.42. The first kappa shape index (κ1) is 11.1. The predicted octanol–water partition coefficient (Wildman–Crippen LogP) is 2.51. The Kier molecular flexibility index (Phi) is 3.41. The zero-order valence-electron chi connectivity index (χ0n) is 8.62. The first-order valence-electron chi connectivity index (χ1n) is 4.95. The Morgan fingerprint density at radius 2 is 2.33 bits per heavy atom. The van der Waals surface area contributed by atoms with Gasteiger partial charge in [0.25, 0.3) is 0 Å². The molecule has 0 amide bonds. The molecular formula is C9H14ClN3OS. The van der Waals surface area contributed by atoms with Crippen LogP contribution in [0.5, 0.6) is 0 Å². The maximum atomic E-state index is 5.57. The van der Waals surface area contributed by atoms with E-state index in [1.165, 1.54) is 19.3 Å². The van der Waals surface area contributed by atoms with E-state index in [1.54, 1.807) is 0 Å². The lowest BCUT2D eigenvalue weighted by molar-refractivity contribution is 0.376. The number of nitrogens with one attached hydrogen (secondary N) is 1. The van der Waals surface area contributed by atoms with E-state index in [-0.39, 0.29) is 5.88 Å². The third-order valence-corrected chi connectivity index (χ3v) is 4.49. The summed E-state index contributed by atoms with van der Waals surface area (Å²) in [5, 5.41) is 10.8. The molecule has 0 spiro atoms. The van der Waals surface area contributed by atoms with Crippen LogP contribution in [0.1, 0.15) is 25.2 Å². The molecule has 1 N–H and O–H groups in total. The van der Waals surface area contributed by atoms with Gasteiger partial charge in [0, 0.05) is 11.3 Å². The van der Waals surface area contributed by atoms with E-state index in [1.807, 2.05) is 11.8 Å². The van der Waals surface area contributed by atoms with Crippen molar-refractivity contribution in [3.63, 3.8) is 0 Å². The predicted molar refractivity (Wildman–Crippen MR) is 62.4 cm³/mol. The number of nitrogens with zero attached hydrogens (tertiary/aromatic N) is 2. The summed E-state index contributed by atoms with van der Waals surface area (Å²) in [5.74, 6) is 0.730. The maximum Gasteiger partial charge on any atom is 0.315 e. The molecular weight excluding hydrogens is 234 g/mol. The fourth-order valence-corrected chi connectivity index (χ4v) is 2.66. The van der Waals surface area contributed by atoms with Crippen molar-refractivity contribution in [2.75, 3.05) is 18.1 Å². The van der Waals surface area contributed by atoms with E-state index < -0.39 is 0 Å². The third-order valence-electron chi connectivity index (χ3n) is 2.84. The van der Waals surface area contributed by atoms with Gasteiger partial charge in [0.05, 0.1) is 0 Å². The third kappa shape index (κ3) is 2.39. The highest BCUT2D eigenvalue weighted by molar-refractivity contribution is 8.00. The normalized spacial score (nSPS) is 18.5. The van der Waals surface area contributed by atoms with E-state index in [2.05, 4.69) is 21.8 Å². The van der Waals surface area contributed by atoms with Crippen LogP contribution in [-0.4, -0.2) is 27.7 Å². The van der Waals surface area contributed by atoms with Crippen molar-refractivity contribution in [3.05, 3.63) is 5.89 Å². The summed E-state index contributed by atoms with van der Waals surface area (Å²) in [6, 6.07) is 0.478. The quantitative estimate of drug-likeness (QED) is 0.811. The number of rotatable bonds is 5. The van der Waals surface area contributed by atoms with E-state index in [0.29, 0.717) is 16.7 Å². The molecule has 1 fully saturated rings. The summed E-state index contributed by atoms with van der Waals surface area (Å²) in [6.45, 7) is 0.887. The molecule has 1 aromatic rings. The molecule has 15 heavy (non-hydrogen) atoms. The van der Waals surface area contributed by atoms with Gasteiger partial charge in [-0.1, -0.05) is 11.5 Å². The van der Waals surface area contributed by atoms with Crippen LogP contribution < -0.4 is 5.32 Å². The molecule has 4 nitrogen and oxygen atoms in total. The molecule has 0 aromatic carbocycles. The largest absolute Gasteiger partial charge is 0.407 e. The number of hydrogen-bond donors (Lipinski definition) is 1. The first-order valence-corrected chi connectivity index (χ1v) is 6.71. The highest BCUT2D eigenvalue weighted by Gasteiger charge is 2.36. The molecule has 1 aliphatic carbocycles. The maximum absolute atomic E-state index is 5.57. The van der Waals surface area contributed by atoms with Gasteiger partial charge in [0.2, 0.25) is 5.89 Å². The highest BCUT2D eigenvalue weighted by atomic mass is 35.5. The van der Waals surface area contributed by atoms with Crippen molar-refractivity contribution in [1.82, 2.24) is 10.2 Å². The number of thioether (sulfide) groups is 1. The number of aromatic nitrogens is 2. The van der Waals surface area contributed by atoms with Crippen LogP contribution >= 0.6 is 23.4 Å². The molecule has 84 valence electrons. The molecule has 2 rings (SSSR count). The molecule has 1 saturated carbocycles. The molecule has 0 unspecified atom stereocenters. The number of alkyl halides is 1. The Balaban J connectivity index is 1.86. The van der Waals surface area contributed by atoms with Gasteiger partial charge in [-0.25, -0.2) is 0 Å². The van der Waals surface area contributed by atoms with Crippen LogP contribution in [0.4, 0.5) is 6.01 Å². The molecule has 0 bridgehead atoms. The van der Waals surface area contributed by atoms with Crippen molar-refractivity contribution in [2.24, 2.45) is 0 Å². The minimum atomic E-state index is 0.266. The summed E-state index contributed by atoms with van der Waals surface area (Å²) in [5.41, 5.74) is 0. The Morgan fingerprint density at radius 3 is 2.80 bits per heavy atom. The van der Waals surface area contributed by atoms with Crippen LogP contribution in [0.3, 0.4) is 0 Å². The molecule has 1 aromatic heterocycles. The summed E-state index contributed by atoms with van der Waals surface area (Å²) in [4.78, 5) is 0. The van der Waals surface area contributed by atoms with Crippen molar-refractivity contribution >= 4 is 29.4 Å². The average molecular weight is 248 g/mol. The molecule has 1 heterocycles. The molecule has 1 aliphatic rings. The van der Waals surface area contributed by atoms with Gasteiger partial charge in [0.1, 0.15) is 5.88 Å². The number of halogens is 1. The minimum absolute atomic E-state index is 0.266. The lowest BCUT2D eigenvalue weighted by atomic mass is 9.84. The summed E-state index contributed by atoms with van der Waals surface area (Å²) in [7, 11) is 0. The molecule has 0 saturated heterocycles. The Morgan fingerprint density at radius 1 is 1.53 bits per heavy atom. The second-order valence-electron chi connectivity index (χ2n) is 3.73. The van der Waals surface area contributed by atoms with Gasteiger partial charge in [-0.15, -0.1) is 16.7 Å². The average Bonchev–Trinajstić information content (AvgIpc) is 2.65. The smallest absolute Gasteiger partial charge is 0.315 e. The zero-order valence-corrected chi connectivity index (χ0v) is 10.2. The summed E-state index contributed by atoms with van der Waals surface area (Å²) >= 11 is 7.48. The number of anilines is 1. The fraction of sp³-hybridized carbons (Fsp3) is 0.778. The SMILES string of the molecule is CSC1(CNc2nnc(CCl)o2)CCC1. The summed E-state index contributed by atoms with van der Waals surface area (Å²) < 4.78 is 5.64. The van der Waals surface area contributed by atoms with Gasteiger partial charge >= 0.3 is 6.01 Å². The molecule has 6 heteroatoms. The zero-order chi connectivity index (χ0) is 10.7. The monoisotopic (exact) mass is 247 g/mol. The Hall–Kier alpha value is -0.420. The van der Waals surface area contributed by atoms with Gasteiger partial charge in [-0.3, -0.25) is 0 Å². The van der Waals surface area contributed by atoms with E-state index in [9.17, 15) is 0 Å². The minimum Gasteiger partial charge on any atom is -0.407 e. The molecule has 0 atom stereocenters. The molecule has 0 radical (unpaired) electrons. The molecule has 0 aliphatic heterocycles. The Labute approximate surface area is 98.2 Å². The van der Waals surface area contributed by atoms with Crippen LogP contribution in [0.25, 0.3) is 0 Å². The van der Waals surface area contributed by atoms with Gasteiger partial charge in [-0.2, -0.15) is 11.8 Å². The van der Waals surface area contributed by atoms with Crippen molar-refractivity contribution < 1.29 is 4.42 Å². The lowest BCUT2D eigenvalue weighted by Crippen LogP contribution is -2.40. The van der Waals surface area contributed by atoms with E-state index in [0.717, 1.165) is 6.54 Å². The second kappa shape index (κ2) is 4.61. The van der Waals surface area contributed by atoms with Crippen molar-refractivity contribution in [2.45, 2.75) is 29.9 Å². The van der Waals surface area contributed by atoms with E-state index in [4.69, 9.17) is 16.0 Å². The van der Waals surface area contributed by atoms with Crippen LogP contribution in [0, 0.1) is 0 Å². The van der Waals surface area contributed by atoms with Crippen LogP contribution in [0.15, 0.2) is 4.42 Å². The van der Waals surface area contributed by atoms with Crippen LogP contribution in [-0.2, 0) is 5.88 Å². The topological polar surface area (TPSA) is 51.0 Å². The number of hydrogen-bond acceptors (Lipinski definition) is 5. The van der Waals surface area contributed by atoms with Crippen LogP contribution in [0.2, 0.25) is 0 Å². The van der Waals surface area contributed by atoms with Gasteiger partial charge in [-0.05, 0) is 19.1 Å². The van der Waals surface area contributed by atoms with Crippen molar-refractivity contribution in [1.29, 1.82) is 0 Å². The van der Waals surface area contributed by atoms with Gasteiger partial charge < -0.3 is 9.73 Å². The van der Waals surface area contributed by atoms with Gasteiger partial charge in [0.15, 0.2) is 0 Å². The van der Waals surface area contributed by atoms with Crippen molar-refractivity contribution in [3.8, 4) is 0 Å².